The minimum absolute atomic E-state index is 0.0911. The van der Waals surface area contributed by atoms with Gasteiger partial charge in [0.05, 0.1) is 6.42 Å². The van der Waals surface area contributed by atoms with Gasteiger partial charge in [-0.1, -0.05) is 53.6 Å². The summed E-state index contributed by atoms with van der Waals surface area (Å²) in [6.45, 7) is 6.58. The standard InChI is InChI=1S/C21H25ClN2O2/c1-4-23-21(26)16(3)24(14-18-7-5-15(2)6-8-18)20(25)13-17-9-11-19(22)12-10-17/h5-12,16H,4,13-14H2,1-3H3,(H,23,26)/t16-/m1/s1. The highest BCUT2D eigenvalue weighted by atomic mass is 35.5. The van der Waals surface area contributed by atoms with E-state index in [4.69, 9.17) is 11.6 Å². The number of likely N-dealkylation sites (N-methyl/N-ethyl adjacent to an activating group) is 1. The fraction of sp³-hybridized carbons (Fsp3) is 0.333. The number of carbonyl (C=O) groups excluding carboxylic acids is 2. The van der Waals surface area contributed by atoms with Gasteiger partial charge in [-0.25, -0.2) is 0 Å². The Morgan fingerprint density at radius 1 is 1.04 bits per heavy atom. The van der Waals surface area contributed by atoms with E-state index < -0.39 is 6.04 Å². The summed E-state index contributed by atoms with van der Waals surface area (Å²) in [5.41, 5.74) is 3.03. The predicted octanol–water partition coefficient (Wildman–Crippen LogP) is 3.74. The van der Waals surface area contributed by atoms with Crippen molar-refractivity contribution in [2.45, 2.75) is 39.8 Å². The summed E-state index contributed by atoms with van der Waals surface area (Å²) in [5, 5.41) is 3.43. The van der Waals surface area contributed by atoms with E-state index in [-0.39, 0.29) is 18.2 Å². The SMILES string of the molecule is CCNC(=O)[C@@H](C)N(Cc1ccc(C)cc1)C(=O)Cc1ccc(Cl)cc1. The molecule has 26 heavy (non-hydrogen) atoms. The lowest BCUT2D eigenvalue weighted by molar-refractivity contribution is -0.140. The van der Waals surface area contributed by atoms with Gasteiger partial charge >= 0.3 is 0 Å². The van der Waals surface area contributed by atoms with E-state index in [9.17, 15) is 9.59 Å². The molecule has 0 fully saturated rings. The smallest absolute Gasteiger partial charge is 0.242 e. The van der Waals surface area contributed by atoms with E-state index >= 15 is 0 Å². The Kier molecular flexibility index (Phi) is 7.22. The molecule has 5 heteroatoms. The van der Waals surface area contributed by atoms with E-state index in [0.29, 0.717) is 18.1 Å². The molecule has 0 aromatic heterocycles. The Balaban J connectivity index is 2.20. The van der Waals surface area contributed by atoms with Gasteiger partial charge in [0.1, 0.15) is 6.04 Å². The van der Waals surface area contributed by atoms with E-state index in [1.807, 2.05) is 50.2 Å². The highest BCUT2D eigenvalue weighted by Crippen LogP contribution is 2.15. The quantitative estimate of drug-likeness (QED) is 0.804. The third kappa shape index (κ3) is 5.60. The van der Waals surface area contributed by atoms with Gasteiger partial charge in [-0.05, 0) is 44.0 Å². The minimum Gasteiger partial charge on any atom is -0.355 e. The van der Waals surface area contributed by atoms with Gasteiger partial charge in [0.15, 0.2) is 0 Å². The van der Waals surface area contributed by atoms with Crippen LogP contribution in [0.25, 0.3) is 0 Å². The summed E-state index contributed by atoms with van der Waals surface area (Å²) in [5.74, 6) is -0.240. The van der Waals surface area contributed by atoms with Crippen LogP contribution in [0.4, 0.5) is 0 Å². The first-order chi connectivity index (χ1) is 12.4. The van der Waals surface area contributed by atoms with Gasteiger partial charge in [-0.3, -0.25) is 9.59 Å². The molecule has 0 bridgehead atoms. The fourth-order valence-electron chi connectivity index (χ4n) is 2.67. The molecule has 0 spiro atoms. The average molecular weight is 373 g/mol. The van der Waals surface area contributed by atoms with Crippen molar-refractivity contribution in [3.8, 4) is 0 Å². The van der Waals surface area contributed by atoms with Crippen LogP contribution in [0.3, 0.4) is 0 Å². The van der Waals surface area contributed by atoms with E-state index in [1.165, 1.54) is 0 Å². The van der Waals surface area contributed by atoms with Crippen molar-refractivity contribution in [1.82, 2.24) is 10.2 Å². The molecule has 2 rings (SSSR count). The number of nitrogens with zero attached hydrogens (tertiary/aromatic N) is 1. The summed E-state index contributed by atoms with van der Waals surface area (Å²) in [6, 6.07) is 14.6. The lowest BCUT2D eigenvalue weighted by Crippen LogP contribution is -2.48. The first kappa shape index (κ1) is 20.0. The first-order valence-corrected chi connectivity index (χ1v) is 9.15. The number of rotatable bonds is 7. The highest BCUT2D eigenvalue weighted by Gasteiger charge is 2.25. The molecular weight excluding hydrogens is 348 g/mol. The molecule has 2 aromatic carbocycles. The van der Waals surface area contributed by atoms with Crippen molar-refractivity contribution in [3.05, 3.63) is 70.2 Å². The van der Waals surface area contributed by atoms with Crippen LogP contribution in [0.5, 0.6) is 0 Å². The van der Waals surface area contributed by atoms with E-state index in [0.717, 1.165) is 16.7 Å². The number of benzene rings is 2. The molecule has 2 amide bonds. The lowest BCUT2D eigenvalue weighted by atomic mass is 10.1. The second kappa shape index (κ2) is 9.39. The monoisotopic (exact) mass is 372 g/mol. The molecule has 0 saturated heterocycles. The zero-order valence-corrected chi connectivity index (χ0v) is 16.2. The van der Waals surface area contributed by atoms with Crippen LogP contribution in [0.15, 0.2) is 48.5 Å². The van der Waals surface area contributed by atoms with Crippen molar-refractivity contribution in [2.75, 3.05) is 6.54 Å². The summed E-state index contributed by atoms with van der Waals surface area (Å²) in [4.78, 5) is 26.9. The Morgan fingerprint density at radius 3 is 2.19 bits per heavy atom. The molecule has 0 aliphatic rings. The summed E-state index contributed by atoms with van der Waals surface area (Å²) in [6.07, 6.45) is 0.229. The Bertz CT molecular complexity index is 742. The molecule has 1 atom stereocenters. The zero-order valence-electron chi connectivity index (χ0n) is 15.5. The molecule has 0 saturated carbocycles. The van der Waals surface area contributed by atoms with Gasteiger partial charge in [-0.15, -0.1) is 0 Å². The van der Waals surface area contributed by atoms with Gasteiger partial charge in [0.25, 0.3) is 0 Å². The van der Waals surface area contributed by atoms with Crippen LogP contribution in [0.2, 0.25) is 5.02 Å². The summed E-state index contributed by atoms with van der Waals surface area (Å²) >= 11 is 5.91. The molecule has 0 heterocycles. The molecule has 1 N–H and O–H groups in total. The number of carbonyl (C=O) groups is 2. The normalized spacial score (nSPS) is 11.7. The van der Waals surface area contributed by atoms with Crippen molar-refractivity contribution in [3.63, 3.8) is 0 Å². The second-order valence-electron chi connectivity index (χ2n) is 6.38. The number of amides is 2. The Labute approximate surface area is 160 Å². The average Bonchev–Trinajstić information content (AvgIpc) is 2.62. The minimum atomic E-state index is -0.545. The van der Waals surface area contributed by atoms with Gasteiger partial charge < -0.3 is 10.2 Å². The van der Waals surface area contributed by atoms with Crippen LogP contribution in [-0.2, 0) is 22.6 Å². The van der Waals surface area contributed by atoms with Crippen LogP contribution in [-0.4, -0.2) is 29.3 Å². The van der Waals surface area contributed by atoms with Crippen LogP contribution in [0, 0.1) is 6.92 Å². The lowest BCUT2D eigenvalue weighted by Gasteiger charge is -2.29. The predicted molar refractivity (Wildman–Crippen MR) is 105 cm³/mol. The van der Waals surface area contributed by atoms with Gasteiger partial charge in [0, 0.05) is 18.1 Å². The Morgan fingerprint density at radius 2 is 1.62 bits per heavy atom. The topological polar surface area (TPSA) is 49.4 Å². The van der Waals surface area contributed by atoms with Crippen molar-refractivity contribution in [2.24, 2.45) is 0 Å². The number of hydrogen-bond donors (Lipinski definition) is 1. The van der Waals surface area contributed by atoms with Gasteiger partial charge in [0.2, 0.25) is 11.8 Å². The molecule has 4 nitrogen and oxygen atoms in total. The molecule has 2 aromatic rings. The van der Waals surface area contributed by atoms with E-state index in [1.54, 1.807) is 24.0 Å². The fourth-order valence-corrected chi connectivity index (χ4v) is 2.80. The number of aryl methyl sites for hydroxylation is 1. The first-order valence-electron chi connectivity index (χ1n) is 8.78. The number of halogens is 1. The molecule has 0 radical (unpaired) electrons. The molecular formula is C21H25ClN2O2. The molecule has 0 aliphatic carbocycles. The van der Waals surface area contributed by atoms with Crippen molar-refractivity contribution < 1.29 is 9.59 Å². The van der Waals surface area contributed by atoms with Crippen LogP contribution < -0.4 is 5.32 Å². The molecule has 0 aliphatic heterocycles. The van der Waals surface area contributed by atoms with Gasteiger partial charge in [-0.2, -0.15) is 0 Å². The van der Waals surface area contributed by atoms with E-state index in [2.05, 4.69) is 5.32 Å². The molecule has 138 valence electrons. The van der Waals surface area contributed by atoms with Crippen molar-refractivity contribution >= 4 is 23.4 Å². The summed E-state index contributed by atoms with van der Waals surface area (Å²) in [7, 11) is 0. The van der Waals surface area contributed by atoms with Crippen LogP contribution in [0.1, 0.15) is 30.5 Å². The van der Waals surface area contributed by atoms with Crippen LogP contribution >= 0.6 is 11.6 Å². The zero-order chi connectivity index (χ0) is 19.1. The third-order valence-electron chi connectivity index (χ3n) is 4.26. The number of nitrogens with one attached hydrogen (secondary N) is 1. The second-order valence-corrected chi connectivity index (χ2v) is 6.82. The highest BCUT2D eigenvalue weighted by molar-refractivity contribution is 6.30. The maximum Gasteiger partial charge on any atom is 0.242 e. The third-order valence-corrected chi connectivity index (χ3v) is 4.51. The Hall–Kier alpha value is -2.33. The molecule has 0 unspecified atom stereocenters. The van der Waals surface area contributed by atoms with Crippen molar-refractivity contribution in [1.29, 1.82) is 0 Å². The summed E-state index contributed by atoms with van der Waals surface area (Å²) < 4.78 is 0. The maximum atomic E-state index is 12.9. The largest absolute Gasteiger partial charge is 0.355 e. The number of hydrogen-bond acceptors (Lipinski definition) is 2. The maximum absolute atomic E-state index is 12.9.